The van der Waals surface area contributed by atoms with Gasteiger partial charge in [0, 0.05) is 11.6 Å². The highest BCUT2D eigenvalue weighted by atomic mass is 35.5. The summed E-state index contributed by atoms with van der Waals surface area (Å²) in [4.78, 5) is 12.1. The largest absolute Gasteiger partial charge is 0.484 e. The van der Waals surface area contributed by atoms with E-state index in [2.05, 4.69) is 12.2 Å². The normalized spacial score (nSPS) is 11.1. The van der Waals surface area contributed by atoms with Crippen LogP contribution >= 0.6 is 11.6 Å². The average Bonchev–Trinajstić information content (AvgIpc) is 2.83. The van der Waals surface area contributed by atoms with Crippen LogP contribution in [0.1, 0.15) is 30.9 Å². The van der Waals surface area contributed by atoms with Crippen LogP contribution in [-0.4, -0.2) is 27.5 Å². The van der Waals surface area contributed by atoms with Gasteiger partial charge < -0.3 is 10.1 Å². The van der Waals surface area contributed by atoms with Crippen molar-refractivity contribution in [2.75, 3.05) is 17.5 Å². The number of halogens is 1. The van der Waals surface area contributed by atoms with Gasteiger partial charge in [-0.1, -0.05) is 54.8 Å². The van der Waals surface area contributed by atoms with E-state index >= 15 is 0 Å². The van der Waals surface area contributed by atoms with E-state index in [0.717, 1.165) is 24.0 Å². The van der Waals surface area contributed by atoms with Crippen LogP contribution in [-0.2, 0) is 21.4 Å². The highest BCUT2D eigenvalue weighted by molar-refractivity contribution is 7.92. The van der Waals surface area contributed by atoms with Gasteiger partial charge in [0.1, 0.15) is 5.75 Å². The van der Waals surface area contributed by atoms with E-state index in [9.17, 15) is 13.2 Å². The Morgan fingerprint density at radius 2 is 1.62 bits per heavy atom. The number of amides is 1. The molecule has 3 aromatic carbocycles. The van der Waals surface area contributed by atoms with Crippen LogP contribution in [0.3, 0.4) is 0 Å². The second kappa shape index (κ2) is 11.9. The van der Waals surface area contributed by atoms with E-state index in [1.807, 2.05) is 6.92 Å². The topological polar surface area (TPSA) is 75.7 Å². The second-order valence-corrected chi connectivity index (χ2v) is 10.2. The van der Waals surface area contributed by atoms with Crippen LogP contribution in [0.4, 0.5) is 5.69 Å². The SMILES string of the molecule is CCCCNC(=O)COc1ccc(N(Cc2ccc(Cl)cc2)S(=O)(=O)c2ccc(C)cc2)cc1. The third-order valence-electron chi connectivity index (χ3n) is 5.20. The molecule has 1 amide bonds. The number of sulfonamides is 1. The maximum absolute atomic E-state index is 13.6. The summed E-state index contributed by atoms with van der Waals surface area (Å²) in [5.41, 5.74) is 2.25. The number of hydrogen-bond acceptors (Lipinski definition) is 4. The molecule has 0 aliphatic carbocycles. The number of nitrogens with one attached hydrogen (secondary N) is 1. The Morgan fingerprint density at radius 1 is 0.971 bits per heavy atom. The summed E-state index contributed by atoms with van der Waals surface area (Å²) in [7, 11) is -3.84. The number of aryl methyl sites for hydroxylation is 1. The van der Waals surface area contributed by atoms with Gasteiger partial charge in [-0.25, -0.2) is 8.42 Å². The number of ether oxygens (including phenoxy) is 1. The summed E-state index contributed by atoms with van der Waals surface area (Å²) in [6.45, 7) is 4.62. The van der Waals surface area contributed by atoms with Gasteiger partial charge in [-0.2, -0.15) is 0 Å². The third-order valence-corrected chi connectivity index (χ3v) is 7.24. The highest BCUT2D eigenvalue weighted by Gasteiger charge is 2.25. The standard InChI is InChI=1S/C26H29ClN2O4S/c1-3-4-17-28-26(30)19-33-24-13-11-23(12-14-24)29(18-21-7-9-22(27)10-8-21)34(31,32)25-15-5-20(2)6-16-25/h5-16H,3-4,17-19H2,1-2H3,(H,28,30). The average molecular weight is 501 g/mol. The molecular formula is C26H29ClN2O4S. The monoisotopic (exact) mass is 500 g/mol. The van der Waals surface area contributed by atoms with Crippen molar-refractivity contribution < 1.29 is 17.9 Å². The molecule has 0 saturated carbocycles. The molecule has 0 spiro atoms. The molecule has 34 heavy (non-hydrogen) atoms. The van der Waals surface area contributed by atoms with Gasteiger partial charge in [0.15, 0.2) is 6.61 Å². The minimum Gasteiger partial charge on any atom is -0.484 e. The van der Waals surface area contributed by atoms with E-state index in [1.54, 1.807) is 72.8 Å². The summed E-state index contributed by atoms with van der Waals surface area (Å²) < 4.78 is 34.0. The fraction of sp³-hybridized carbons (Fsp3) is 0.269. The first kappa shape index (κ1) is 25.6. The first-order valence-corrected chi connectivity index (χ1v) is 12.9. The van der Waals surface area contributed by atoms with Crippen LogP contribution < -0.4 is 14.4 Å². The number of carbonyl (C=O) groups is 1. The third kappa shape index (κ3) is 6.98. The Labute approximate surface area is 206 Å². The van der Waals surface area contributed by atoms with Crippen LogP contribution in [0.15, 0.2) is 77.7 Å². The fourth-order valence-electron chi connectivity index (χ4n) is 3.22. The number of anilines is 1. The summed E-state index contributed by atoms with van der Waals surface area (Å²) >= 11 is 6.00. The van der Waals surface area contributed by atoms with Crippen molar-refractivity contribution in [3.05, 3.63) is 88.9 Å². The van der Waals surface area contributed by atoms with Crippen molar-refractivity contribution in [1.82, 2.24) is 5.32 Å². The Balaban J connectivity index is 1.82. The zero-order valence-corrected chi connectivity index (χ0v) is 20.9. The molecule has 0 aliphatic rings. The van der Waals surface area contributed by atoms with E-state index < -0.39 is 10.0 Å². The Kier molecular flexibility index (Phi) is 8.96. The zero-order chi connectivity index (χ0) is 24.6. The Hall–Kier alpha value is -3.03. The molecule has 180 valence electrons. The molecule has 8 heteroatoms. The molecule has 0 unspecified atom stereocenters. The molecule has 0 aliphatic heterocycles. The molecule has 0 radical (unpaired) electrons. The van der Waals surface area contributed by atoms with Crippen LogP contribution in [0.2, 0.25) is 5.02 Å². The first-order valence-electron chi connectivity index (χ1n) is 11.1. The minimum atomic E-state index is -3.84. The van der Waals surface area contributed by atoms with Gasteiger partial charge in [0.2, 0.25) is 0 Å². The minimum absolute atomic E-state index is 0.0980. The predicted octanol–water partition coefficient (Wildman–Crippen LogP) is 5.34. The van der Waals surface area contributed by atoms with Crippen LogP contribution in [0.5, 0.6) is 5.75 Å². The fourth-order valence-corrected chi connectivity index (χ4v) is 4.80. The molecule has 0 heterocycles. The smallest absolute Gasteiger partial charge is 0.264 e. The predicted molar refractivity (Wildman–Crippen MR) is 136 cm³/mol. The number of benzene rings is 3. The van der Waals surface area contributed by atoms with Crippen molar-refractivity contribution in [1.29, 1.82) is 0 Å². The number of unbranched alkanes of at least 4 members (excludes halogenated alkanes) is 1. The maximum atomic E-state index is 13.6. The molecule has 6 nitrogen and oxygen atoms in total. The first-order chi connectivity index (χ1) is 16.3. The molecule has 0 aromatic heterocycles. The summed E-state index contributed by atoms with van der Waals surface area (Å²) in [5.74, 6) is 0.289. The molecular weight excluding hydrogens is 472 g/mol. The molecule has 0 fully saturated rings. The van der Waals surface area contributed by atoms with Gasteiger partial charge in [0.25, 0.3) is 15.9 Å². The number of carbonyl (C=O) groups excluding carboxylic acids is 1. The van der Waals surface area contributed by atoms with E-state index in [0.29, 0.717) is 23.0 Å². The molecule has 1 N–H and O–H groups in total. The van der Waals surface area contributed by atoms with Gasteiger partial charge in [-0.05, 0) is 67.4 Å². The van der Waals surface area contributed by atoms with Crippen LogP contribution in [0, 0.1) is 6.92 Å². The van der Waals surface area contributed by atoms with E-state index in [4.69, 9.17) is 16.3 Å². The van der Waals surface area contributed by atoms with Crippen molar-refractivity contribution in [3.8, 4) is 5.75 Å². The van der Waals surface area contributed by atoms with Gasteiger partial charge in [0.05, 0.1) is 17.1 Å². The van der Waals surface area contributed by atoms with Crippen molar-refractivity contribution in [2.24, 2.45) is 0 Å². The number of nitrogens with zero attached hydrogens (tertiary/aromatic N) is 1. The molecule has 0 bridgehead atoms. The quantitative estimate of drug-likeness (QED) is 0.360. The van der Waals surface area contributed by atoms with Crippen molar-refractivity contribution in [2.45, 2.75) is 38.1 Å². The lowest BCUT2D eigenvalue weighted by Crippen LogP contribution is -2.30. The second-order valence-electron chi connectivity index (χ2n) is 7.94. The summed E-state index contributed by atoms with van der Waals surface area (Å²) in [6.07, 6.45) is 1.92. The molecule has 0 saturated heterocycles. The van der Waals surface area contributed by atoms with E-state index in [-0.39, 0.29) is 24.0 Å². The highest BCUT2D eigenvalue weighted by Crippen LogP contribution is 2.28. The Morgan fingerprint density at radius 3 is 2.24 bits per heavy atom. The lowest BCUT2D eigenvalue weighted by molar-refractivity contribution is -0.123. The van der Waals surface area contributed by atoms with Crippen LogP contribution in [0.25, 0.3) is 0 Å². The lowest BCUT2D eigenvalue weighted by atomic mass is 10.2. The van der Waals surface area contributed by atoms with Gasteiger partial charge in [-0.3, -0.25) is 9.10 Å². The maximum Gasteiger partial charge on any atom is 0.264 e. The van der Waals surface area contributed by atoms with Gasteiger partial charge >= 0.3 is 0 Å². The van der Waals surface area contributed by atoms with E-state index in [1.165, 1.54) is 4.31 Å². The number of hydrogen-bond donors (Lipinski definition) is 1. The summed E-state index contributed by atoms with van der Waals surface area (Å²) in [6, 6.07) is 20.5. The van der Waals surface area contributed by atoms with Gasteiger partial charge in [-0.15, -0.1) is 0 Å². The van der Waals surface area contributed by atoms with Crippen molar-refractivity contribution >= 4 is 33.2 Å². The molecule has 3 aromatic rings. The lowest BCUT2D eigenvalue weighted by Gasteiger charge is -2.25. The molecule has 3 rings (SSSR count). The molecule has 0 atom stereocenters. The summed E-state index contributed by atoms with van der Waals surface area (Å²) in [5, 5.41) is 3.38. The number of rotatable bonds is 11. The zero-order valence-electron chi connectivity index (χ0n) is 19.3. The van der Waals surface area contributed by atoms with Crippen molar-refractivity contribution in [3.63, 3.8) is 0 Å². The Bertz CT molecular complexity index is 1180.